The molecule has 0 aromatic carbocycles. The largest absolute Gasteiger partial charge is 0.366 e. The van der Waals surface area contributed by atoms with Crippen LogP contribution in [0.5, 0.6) is 0 Å². The highest BCUT2D eigenvalue weighted by molar-refractivity contribution is 7.15. The number of carbonyl (C=O) groups excluding carboxylic acids is 1. The summed E-state index contributed by atoms with van der Waals surface area (Å²) < 4.78 is 0. The Morgan fingerprint density at radius 2 is 2.33 bits per heavy atom. The Bertz CT molecular complexity index is 545. The highest BCUT2D eigenvalue weighted by Crippen LogP contribution is 2.26. The van der Waals surface area contributed by atoms with E-state index in [9.17, 15) is 4.79 Å². The van der Waals surface area contributed by atoms with Crippen molar-refractivity contribution in [2.75, 3.05) is 5.32 Å². The minimum absolute atomic E-state index is 0.381. The molecule has 18 heavy (non-hydrogen) atoms. The van der Waals surface area contributed by atoms with Crippen LogP contribution in [0.15, 0.2) is 17.6 Å². The molecule has 2 heterocycles. The summed E-state index contributed by atoms with van der Waals surface area (Å²) in [7, 11) is 0. The zero-order chi connectivity index (χ0) is 13.1. The minimum Gasteiger partial charge on any atom is -0.366 e. The number of aromatic nitrogens is 1. The first-order valence-electron chi connectivity index (χ1n) is 5.63. The lowest BCUT2D eigenvalue weighted by atomic mass is 10.2. The summed E-state index contributed by atoms with van der Waals surface area (Å²) in [5.74, 6) is 0.120. The highest BCUT2D eigenvalue weighted by atomic mass is 32.1. The van der Waals surface area contributed by atoms with E-state index in [1.165, 1.54) is 16.2 Å². The van der Waals surface area contributed by atoms with Crippen LogP contribution in [-0.2, 0) is 6.54 Å². The van der Waals surface area contributed by atoms with E-state index in [0.29, 0.717) is 18.0 Å². The van der Waals surface area contributed by atoms with Crippen LogP contribution in [-0.4, -0.2) is 10.9 Å². The second kappa shape index (κ2) is 5.49. The van der Waals surface area contributed by atoms with Gasteiger partial charge in [0, 0.05) is 21.3 Å². The van der Waals surface area contributed by atoms with Crippen molar-refractivity contribution in [1.82, 2.24) is 4.98 Å². The maximum Gasteiger partial charge on any atom is 0.249 e. The van der Waals surface area contributed by atoms with E-state index >= 15 is 0 Å². The van der Waals surface area contributed by atoms with Gasteiger partial charge in [0.25, 0.3) is 0 Å². The first-order valence-corrected chi connectivity index (χ1v) is 7.32. The Morgan fingerprint density at radius 3 is 2.89 bits per heavy atom. The van der Waals surface area contributed by atoms with E-state index < -0.39 is 0 Å². The van der Waals surface area contributed by atoms with E-state index in [-0.39, 0.29) is 5.91 Å². The summed E-state index contributed by atoms with van der Waals surface area (Å²) >= 11 is 3.19. The predicted molar refractivity (Wildman–Crippen MR) is 76.4 cm³/mol. The average molecular weight is 281 g/mol. The summed E-state index contributed by atoms with van der Waals surface area (Å²) in [4.78, 5) is 17.6. The van der Waals surface area contributed by atoms with Gasteiger partial charge in [0.2, 0.25) is 5.91 Å². The van der Waals surface area contributed by atoms with E-state index in [1.54, 1.807) is 16.7 Å². The Balaban J connectivity index is 1.95. The van der Waals surface area contributed by atoms with Gasteiger partial charge >= 0.3 is 0 Å². The number of anilines is 1. The van der Waals surface area contributed by atoms with Crippen LogP contribution in [0, 0.1) is 0 Å². The Morgan fingerprint density at radius 1 is 1.56 bits per heavy atom. The Kier molecular flexibility index (Phi) is 3.98. The molecule has 0 spiro atoms. The number of rotatable bonds is 5. The molecule has 2 aromatic rings. The number of hydrogen-bond acceptors (Lipinski definition) is 5. The third-order valence-corrected chi connectivity index (χ3v) is 4.64. The molecule has 0 saturated carbocycles. The van der Waals surface area contributed by atoms with E-state index in [4.69, 9.17) is 5.73 Å². The van der Waals surface area contributed by atoms with Gasteiger partial charge in [0.15, 0.2) is 5.13 Å². The average Bonchev–Trinajstić information content (AvgIpc) is 2.95. The van der Waals surface area contributed by atoms with Crippen LogP contribution in [0.2, 0.25) is 0 Å². The van der Waals surface area contributed by atoms with E-state index in [2.05, 4.69) is 24.1 Å². The van der Waals surface area contributed by atoms with Gasteiger partial charge in [-0.1, -0.05) is 13.8 Å². The summed E-state index contributed by atoms with van der Waals surface area (Å²) in [6.45, 7) is 4.97. The van der Waals surface area contributed by atoms with Crippen molar-refractivity contribution in [2.45, 2.75) is 26.3 Å². The molecule has 0 radical (unpaired) electrons. The molecular formula is C12H15N3OS2. The topological polar surface area (TPSA) is 68.0 Å². The normalized spacial score (nSPS) is 10.8. The third-order valence-electron chi connectivity index (χ3n) is 2.44. The zero-order valence-electron chi connectivity index (χ0n) is 10.3. The predicted octanol–water partition coefficient (Wildman–Crippen LogP) is 3.04. The van der Waals surface area contributed by atoms with Gasteiger partial charge in [-0.2, -0.15) is 0 Å². The van der Waals surface area contributed by atoms with Crippen molar-refractivity contribution in [2.24, 2.45) is 5.73 Å². The molecule has 4 nitrogen and oxygen atoms in total. The van der Waals surface area contributed by atoms with Crippen LogP contribution in [0.3, 0.4) is 0 Å². The summed E-state index contributed by atoms with van der Waals surface area (Å²) in [6.07, 6.45) is 1.90. The first kappa shape index (κ1) is 13.0. The highest BCUT2D eigenvalue weighted by Gasteiger charge is 2.07. The van der Waals surface area contributed by atoms with Gasteiger partial charge in [0.1, 0.15) is 0 Å². The summed E-state index contributed by atoms with van der Waals surface area (Å²) in [6, 6.07) is 1.82. The first-order chi connectivity index (χ1) is 8.56. The molecule has 0 atom stereocenters. The Hall–Kier alpha value is -1.40. The molecule has 0 saturated heterocycles. The molecule has 96 valence electrons. The molecule has 0 bridgehead atoms. The molecule has 0 fully saturated rings. The quantitative estimate of drug-likeness (QED) is 0.885. The fourth-order valence-corrected chi connectivity index (χ4v) is 3.03. The number of nitrogens with one attached hydrogen (secondary N) is 1. The third kappa shape index (κ3) is 3.08. The second-order valence-corrected chi connectivity index (χ2v) is 6.30. The van der Waals surface area contributed by atoms with Crippen molar-refractivity contribution < 1.29 is 4.79 Å². The fraction of sp³-hybridized carbons (Fsp3) is 0.333. The van der Waals surface area contributed by atoms with Crippen LogP contribution >= 0.6 is 22.7 Å². The van der Waals surface area contributed by atoms with Crippen molar-refractivity contribution >= 4 is 33.7 Å². The molecule has 0 aliphatic carbocycles. The van der Waals surface area contributed by atoms with Crippen LogP contribution in [0.4, 0.5) is 5.13 Å². The monoisotopic (exact) mass is 281 g/mol. The summed E-state index contributed by atoms with van der Waals surface area (Å²) in [5.41, 5.74) is 5.78. The van der Waals surface area contributed by atoms with Crippen LogP contribution in [0.1, 0.15) is 39.9 Å². The molecule has 0 unspecified atom stereocenters. The molecule has 0 aliphatic rings. The molecule has 0 aliphatic heterocycles. The maximum absolute atomic E-state index is 11.0. The summed E-state index contributed by atoms with van der Waals surface area (Å²) in [5, 5.41) is 5.94. The number of primary amides is 1. The smallest absolute Gasteiger partial charge is 0.249 e. The molecule has 1 amide bonds. The molecule has 2 rings (SSSR count). The SMILES string of the molecule is CC(C)c1cnc(NCc2cc(C(N)=O)cs2)s1. The number of thiophene rings is 1. The van der Waals surface area contributed by atoms with Crippen molar-refractivity contribution in [3.05, 3.63) is 33.0 Å². The number of nitrogens with two attached hydrogens (primary N) is 1. The molecular weight excluding hydrogens is 266 g/mol. The van der Waals surface area contributed by atoms with E-state index in [1.807, 2.05) is 12.3 Å². The number of hydrogen-bond donors (Lipinski definition) is 2. The van der Waals surface area contributed by atoms with Crippen LogP contribution in [0.25, 0.3) is 0 Å². The Labute approximate surface area is 114 Å². The molecule has 3 N–H and O–H groups in total. The maximum atomic E-state index is 11.0. The number of nitrogens with zero attached hydrogens (tertiary/aromatic N) is 1. The van der Waals surface area contributed by atoms with E-state index in [0.717, 1.165) is 10.0 Å². The number of thiazole rings is 1. The van der Waals surface area contributed by atoms with Crippen molar-refractivity contribution in [1.29, 1.82) is 0 Å². The van der Waals surface area contributed by atoms with Gasteiger partial charge in [-0.05, 0) is 12.0 Å². The van der Waals surface area contributed by atoms with Crippen LogP contribution < -0.4 is 11.1 Å². The van der Waals surface area contributed by atoms with Crippen molar-refractivity contribution in [3.63, 3.8) is 0 Å². The number of amides is 1. The minimum atomic E-state index is -0.381. The number of carbonyl (C=O) groups is 1. The van der Waals surface area contributed by atoms with Gasteiger partial charge in [0.05, 0.1) is 12.1 Å². The molecule has 6 heteroatoms. The molecule has 2 aromatic heterocycles. The van der Waals surface area contributed by atoms with Crippen molar-refractivity contribution in [3.8, 4) is 0 Å². The standard InChI is InChI=1S/C12H15N3OS2/c1-7(2)10-5-15-12(18-10)14-4-9-3-8(6-17-9)11(13)16/h3,5-7H,4H2,1-2H3,(H2,13,16)(H,14,15). The zero-order valence-corrected chi connectivity index (χ0v) is 11.9. The lowest BCUT2D eigenvalue weighted by molar-refractivity contribution is 0.100. The van der Waals surface area contributed by atoms with Gasteiger partial charge < -0.3 is 11.1 Å². The van der Waals surface area contributed by atoms with Gasteiger partial charge in [-0.25, -0.2) is 4.98 Å². The second-order valence-electron chi connectivity index (χ2n) is 4.24. The van der Waals surface area contributed by atoms with Gasteiger partial charge in [-0.3, -0.25) is 4.79 Å². The van der Waals surface area contributed by atoms with Gasteiger partial charge in [-0.15, -0.1) is 22.7 Å². The lowest BCUT2D eigenvalue weighted by Gasteiger charge is -1.99. The lowest BCUT2D eigenvalue weighted by Crippen LogP contribution is -2.09. The fourth-order valence-electron chi connectivity index (χ4n) is 1.40.